The molecule has 1 heterocycles. The van der Waals surface area contributed by atoms with Crippen LogP contribution in [0.5, 0.6) is 0 Å². The Morgan fingerprint density at radius 3 is 2.62 bits per heavy atom. The Kier molecular flexibility index (Phi) is 2.58. The summed E-state index contributed by atoms with van der Waals surface area (Å²) < 4.78 is 1.89. The second-order valence-corrected chi connectivity index (χ2v) is 4.34. The molecule has 0 N–H and O–H groups in total. The van der Waals surface area contributed by atoms with Crippen LogP contribution in [-0.4, -0.2) is 21.0 Å². The average Bonchev–Trinajstić information content (AvgIpc) is 2.71. The number of thioether (sulfide) groups is 1. The number of hydrogen-bond acceptors (Lipinski definition) is 3. The monoisotopic (exact) mass is 197 g/mol. The predicted octanol–water partition coefficient (Wildman–Crippen LogP) is 2.19. The molecule has 13 heavy (non-hydrogen) atoms. The fourth-order valence-electron chi connectivity index (χ4n) is 1.92. The van der Waals surface area contributed by atoms with Gasteiger partial charge in [-0.15, -0.1) is 0 Å². The third-order valence-corrected chi connectivity index (χ3v) is 3.36. The second kappa shape index (κ2) is 3.70. The van der Waals surface area contributed by atoms with Gasteiger partial charge in [0.05, 0.1) is 0 Å². The molecule has 72 valence electrons. The first-order chi connectivity index (χ1) is 6.31. The van der Waals surface area contributed by atoms with Crippen molar-refractivity contribution in [3.05, 3.63) is 5.82 Å². The molecule has 0 aromatic carbocycles. The smallest absolute Gasteiger partial charge is 0.185 e. The molecule has 0 bridgehead atoms. The van der Waals surface area contributed by atoms with Crippen molar-refractivity contribution >= 4 is 11.8 Å². The minimum Gasteiger partial charge on any atom is -0.244 e. The zero-order chi connectivity index (χ0) is 9.26. The van der Waals surface area contributed by atoms with Crippen LogP contribution < -0.4 is 0 Å². The number of aromatic nitrogens is 3. The molecule has 0 radical (unpaired) electrons. The Bertz CT molecular complexity index is 289. The molecule has 1 fully saturated rings. The van der Waals surface area contributed by atoms with Gasteiger partial charge in [-0.3, -0.25) is 0 Å². The summed E-state index contributed by atoms with van der Waals surface area (Å²) in [5, 5.41) is 5.48. The molecule has 2 rings (SSSR count). The van der Waals surface area contributed by atoms with Crippen molar-refractivity contribution in [1.82, 2.24) is 14.8 Å². The fraction of sp³-hybridized carbons (Fsp3) is 0.778. The summed E-state index contributed by atoms with van der Waals surface area (Å²) in [5.74, 6) is 1.69. The summed E-state index contributed by atoms with van der Waals surface area (Å²) in [5.41, 5.74) is 0. The third-order valence-electron chi connectivity index (χ3n) is 2.64. The summed E-state index contributed by atoms with van der Waals surface area (Å²) in [4.78, 5) is 4.53. The predicted molar refractivity (Wildman–Crippen MR) is 54.0 cm³/mol. The van der Waals surface area contributed by atoms with E-state index in [-0.39, 0.29) is 0 Å². The highest BCUT2D eigenvalue weighted by atomic mass is 32.2. The van der Waals surface area contributed by atoms with Gasteiger partial charge in [-0.2, -0.15) is 5.10 Å². The lowest BCUT2D eigenvalue weighted by atomic mass is 10.1. The Morgan fingerprint density at radius 2 is 2.08 bits per heavy atom. The van der Waals surface area contributed by atoms with E-state index in [2.05, 4.69) is 10.1 Å². The SMILES string of the molecule is CSc1nc(C2CCCC2)nn1C. The largest absolute Gasteiger partial charge is 0.244 e. The lowest BCUT2D eigenvalue weighted by Crippen LogP contribution is -1.97. The topological polar surface area (TPSA) is 30.7 Å². The van der Waals surface area contributed by atoms with Gasteiger partial charge in [-0.25, -0.2) is 9.67 Å². The minimum absolute atomic E-state index is 0.632. The maximum Gasteiger partial charge on any atom is 0.185 e. The maximum atomic E-state index is 4.53. The first kappa shape index (κ1) is 9.06. The van der Waals surface area contributed by atoms with Gasteiger partial charge in [0.2, 0.25) is 0 Å². The van der Waals surface area contributed by atoms with Crippen LogP contribution in [0.1, 0.15) is 37.4 Å². The normalized spacial score (nSPS) is 18.3. The summed E-state index contributed by atoms with van der Waals surface area (Å²) in [6.45, 7) is 0. The number of rotatable bonds is 2. The Labute approximate surface area is 82.9 Å². The highest BCUT2D eigenvalue weighted by Crippen LogP contribution is 2.32. The number of nitrogens with zero attached hydrogens (tertiary/aromatic N) is 3. The van der Waals surface area contributed by atoms with E-state index >= 15 is 0 Å². The quantitative estimate of drug-likeness (QED) is 0.681. The molecular formula is C9H15N3S. The van der Waals surface area contributed by atoms with Crippen LogP contribution in [0.3, 0.4) is 0 Å². The number of hydrogen-bond donors (Lipinski definition) is 0. The lowest BCUT2D eigenvalue weighted by molar-refractivity contribution is 0.638. The van der Waals surface area contributed by atoms with Crippen LogP contribution in [0, 0.1) is 0 Å². The van der Waals surface area contributed by atoms with E-state index in [4.69, 9.17) is 0 Å². The summed E-state index contributed by atoms with van der Waals surface area (Å²) in [6, 6.07) is 0. The minimum atomic E-state index is 0.632. The molecule has 1 saturated carbocycles. The Hall–Kier alpha value is -0.510. The van der Waals surface area contributed by atoms with Crippen molar-refractivity contribution in [2.45, 2.75) is 36.8 Å². The zero-order valence-corrected chi connectivity index (χ0v) is 8.97. The van der Waals surface area contributed by atoms with E-state index in [0.717, 1.165) is 11.0 Å². The van der Waals surface area contributed by atoms with Gasteiger partial charge in [0.1, 0.15) is 0 Å². The van der Waals surface area contributed by atoms with E-state index in [1.165, 1.54) is 25.7 Å². The lowest BCUT2D eigenvalue weighted by Gasteiger charge is -2.00. The van der Waals surface area contributed by atoms with Crippen LogP contribution in [0.2, 0.25) is 0 Å². The van der Waals surface area contributed by atoms with Crippen LogP contribution in [0.25, 0.3) is 0 Å². The number of aryl methyl sites for hydroxylation is 1. The zero-order valence-electron chi connectivity index (χ0n) is 8.16. The van der Waals surface area contributed by atoms with Gasteiger partial charge in [0, 0.05) is 13.0 Å². The molecule has 0 atom stereocenters. The summed E-state index contributed by atoms with van der Waals surface area (Å²) in [6.07, 6.45) is 7.28. The van der Waals surface area contributed by atoms with Crippen molar-refractivity contribution in [2.75, 3.05) is 6.26 Å². The van der Waals surface area contributed by atoms with Gasteiger partial charge >= 0.3 is 0 Å². The van der Waals surface area contributed by atoms with E-state index in [9.17, 15) is 0 Å². The molecule has 0 amide bonds. The maximum absolute atomic E-state index is 4.53. The Morgan fingerprint density at radius 1 is 1.38 bits per heavy atom. The van der Waals surface area contributed by atoms with E-state index in [1.54, 1.807) is 11.8 Å². The van der Waals surface area contributed by atoms with Crippen molar-refractivity contribution < 1.29 is 0 Å². The molecule has 1 aromatic rings. The molecule has 0 aliphatic heterocycles. The summed E-state index contributed by atoms with van der Waals surface area (Å²) in [7, 11) is 1.97. The molecule has 0 saturated heterocycles. The van der Waals surface area contributed by atoms with E-state index < -0.39 is 0 Å². The molecule has 3 nitrogen and oxygen atoms in total. The first-order valence-corrected chi connectivity index (χ1v) is 5.98. The van der Waals surface area contributed by atoms with Crippen LogP contribution >= 0.6 is 11.8 Å². The molecule has 4 heteroatoms. The van der Waals surface area contributed by atoms with Gasteiger partial charge < -0.3 is 0 Å². The average molecular weight is 197 g/mol. The highest BCUT2D eigenvalue weighted by Gasteiger charge is 2.21. The van der Waals surface area contributed by atoms with Crippen molar-refractivity contribution in [3.63, 3.8) is 0 Å². The summed E-state index contributed by atoms with van der Waals surface area (Å²) >= 11 is 1.66. The third kappa shape index (κ3) is 1.73. The first-order valence-electron chi connectivity index (χ1n) is 4.76. The van der Waals surface area contributed by atoms with E-state index in [1.807, 2.05) is 18.0 Å². The molecular weight excluding hydrogens is 182 g/mol. The van der Waals surface area contributed by atoms with Crippen molar-refractivity contribution in [2.24, 2.45) is 7.05 Å². The fourth-order valence-corrected chi connectivity index (χ4v) is 2.41. The van der Waals surface area contributed by atoms with Gasteiger partial charge in [0.25, 0.3) is 0 Å². The Balaban J connectivity index is 2.20. The van der Waals surface area contributed by atoms with Crippen molar-refractivity contribution in [1.29, 1.82) is 0 Å². The van der Waals surface area contributed by atoms with E-state index in [0.29, 0.717) is 5.92 Å². The highest BCUT2D eigenvalue weighted by molar-refractivity contribution is 7.98. The molecule has 0 spiro atoms. The van der Waals surface area contributed by atoms with Gasteiger partial charge in [-0.1, -0.05) is 24.6 Å². The molecule has 1 aliphatic carbocycles. The van der Waals surface area contributed by atoms with Gasteiger partial charge in [0.15, 0.2) is 11.0 Å². The van der Waals surface area contributed by atoms with Gasteiger partial charge in [-0.05, 0) is 19.1 Å². The molecule has 1 aliphatic rings. The van der Waals surface area contributed by atoms with Crippen LogP contribution in [0.15, 0.2) is 5.16 Å². The standard InChI is InChI=1S/C9H15N3S/c1-12-9(13-2)10-8(11-12)7-5-3-4-6-7/h7H,3-6H2,1-2H3. The second-order valence-electron chi connectivity index (χ2n) is 3.56. The van der Waals surface area contributed by atoms with Crippen LogP contribution in [0.4, 0.5) is 0 Å². The molecule has 0 unspecified atom stereocenters. The van der Waals surface area contributed by atoms with Crippen molar-refractivity contribution in [3.8, 4) is 0 Å². The van der Waals surface area contributed by atoms with Crippen LogP contribution in [-0.2, 0) is 7.05 Å². The molecule has 1 aromatic heterocycles.